The zero-order chi connectivity index (χ0) is 32.5. The summed E-state index contributed by atoms with van der Waals surface area (Å²) in [4.78, 5) is 30.4. The summed E-state index contributed by atoms with van der Waals surface area (Å²) in [5.74, 6) is -0.153. The van der Waals surface area contributed by atoms with Gasteiger partial charge in [0.05, 0.1) is 19.2 Å². The van der Waals surface area contributed by atoms with E-state index in [1.807, 2.05) is 6.07 Å². The van der Waals surface area contributed by atoms with Gasteiger partial charge in [-0.25, -0.2) is 8.78 Å². The van der Waals surface area contributed by atoms with Crippen molar-refractivity contribution < 1.29 is 32.6 Å². The number of anilines is 2. The predicted octanol–water partition coefficient (Wildman–Crippen LogP) is 8.27. The Labute approximate surface area is 266 Å². The SMILES string of the molecule is CCCC(C)C1(COc2cc3nccc(Oc4ccc(NC(=O)C5(C(=O)Nc6ccc(F)cc6)CC5)cc4F)c3cc2OC)CC1. The van der Waals surface area contributed by atoms with Crippen molar-refractivity contribution >= 4 is 34.1 Å². The minimum Gasteiger partial charge on any atom is -0.493 e. The molecule has 1 atom stereocenters. The van der Waals surface area contributed by atoms with Crippen LogP contribution in [0.3, 0.4) is 0 Å². The minimum absolute atomic E-state index is 0.0550. The summed E-state index contributed by atoms with van der Waals surface area (Å²) in [5.41, 5.74) is 0.0995. The summed E-state index contributed by atoms with van der Waals surface area (Å²) < 4.78 is 46.4. The molecule has 2 aliphatic rings. The van der Waals surface area contributed by atoms with Crippen molar-refractivity contribution in [3.63, 3.8) is 0 Å². The van der Waals surface area contributed by atoms with E-state index in [9.17, 15) is 14.0 Å². The molecule has 1 aromatic heterocycles. The number of amides is 2. The maximum Gasteiger partial charge on any atom is 0.240 e. The molecule has 0 radical (unpaired) electrons. The second-order valence-electron chi connectivity index (χ2n) is 12.4. The van der Waals surface area contributed by atoms with E-state index in [0.717, 1.165) is 25.3 Å². The predicted molar refractivity (Wildman–Crippen MR) is 171 cm³/mol. The molecule has 10 heteroatoms. The van der Waals surface area contributed by atoms with Gasteiger partial charge < -0.3 is 24.8 Å². The van der Waals surface area contributed by atoms with Crippen LogP contribution in [0.5, 0.6) is 23.0 Å². The molecular weight excluding hydrogens is 592 g/mol. The molecule has 2 saturated carbocycles. The highest BCUT2D eigenvalue weighted by Gasteiger charge is 2.56. The second-order valence-corrected chi connectivity index (χ2v) is 12.4. The first kappa shape index (κ1) is 31.3. The summed E-state index contributed by atoms with van der Waals surface area (Å²) in [6.07, 6.45) is 6.90. The highest BCUT2D eigenvalue weighted by molar-refractivity contribution is 6.16. The first-order valence-corrected chi connectivity index (χ1v) is 15.6. The lowest BCUT2D eigenvalue weighted by atomic mass is 9.88. The third kappa shape index (κ3) is 6.34. The number of hydrogen-bond donors (Lipinski definition) is 2. The van der Waals surface area contributed by atoms with Crippen LogP contribution >= 0.6 is 0 Å². The number of methoxy groups -OCH3 is 1. The van der Waals surface area contributed by atoms with Crippen molar-refractivity contribution in [3.05, 3.63) is 78.5 Å². The second kappa shape index (κ2) is 12.6. The number of nitrogens with one attached hydrogen (secondary N) is 2. The molecule has 0 saturated heterocycles. The van der Waals surface area contributed by atoms with E-state index in [-0.39, 0.29) is 16.9 Å². The number of pyridine rings is 1. The minimum atomic E-state index is -1.27. The van der Waals surface area contributed by atoms with Crippen LogP contribution in [-0.4, -0.2) is 30.5 Å². The zero-order valence-electron chi connectivity index (χ0n) is 26.1. The smallest absolute Gasteiger partial charge is 0.240 e. The Morgan fingerprint density at radius 1 is 0.870 bits per heavy atom. The lowest BCUT2D eigenvalue weighted by Gasteiger charge is -2.24. The van der Waals surface area contributed by atoms with Gasteiger partial charge in [-0.1, -0.05) is 26.7 Å². The molecule has 0 spiro atoms. The molecule has 2 fully saturated rings. The zero-order valence-corrected chi connectivity index (χ0v) is 26.1. The quantitative estimate of drug-likeness (QED) is 0.145. The highest BCUT2D eigenvalue weighted by Crippen LogP contribution is 2.54. The van der Waals surface area contributed by atoms with Crippen molar-refractivity contribution in [1.82, 2.24) is 4.98 Å². The average molecular weight is 630 g/mol. The fourth-order valence-corrected chi connectivity index (χ4v) is 5.89. The molecule has 240 valence electrons. The van der Waals surface area contributed by atoms with Crippen LogP contribution in [0, 0.1) is 28.4 Å². The molecule has 0 aliphatic heterocycles. The number of nitrogens with zero attached hydrogens (tertiary/aromatic N) is 1. The number of halogens is 2. The summed E-state index contributed by atoms with van der Waals surface area (Å²) in [5, 5.41) is 5.92. The van der Waals surface area contributed by atoms with Crippen molar-refractivity contribution in [2.24, 2.45) is 16.7 Å². The Morgan fingerprint density at radius 2 is 1.57 bits per heavy atom. The molecule has 1 heterocycles. The van der Waals surface area contributed by atoms with Gasteiger partial charge in [0.2, 0.25) is 11.8 Å². The largest absolute Gasteiger partial charge is 0.493 e. The molecule has 3 aromatic carbocycles. The lowest BCUT2D eigenvalue weighted by Crippen LogP contribution is -2.35. The van der Waals surface area contributed by atoms with Gasteiger partial charge in [0.1, 0.15) is 17.0 Å². The van der Waals surface area contributed by atoms with Crippen molar-refractivity contribution in [2.75, 3.05) is 24.4 Å². The lowest BCUT2D eigenvalue weighted by molar-refractivity contribution is -0.131. The summed E-state index contributed by atoms with van der Waals surface area (Å²) >= 11 is 0. The normalized spacial score (nSPS) is 16.3. The van der Waals surface area contributed by atoms with Crippen LogP contribution < -0.4 is 24.8 Å². The summed E-state index contributed by atoms with van der Waals surface area (Å²) in [6.45, 7) is 5.11. The number of aromatic nitrogens is 1. The number of carbonyl (C=O) groups is 2. The Kier molecular flexibility index (Phi) is 8.55. The Bertz CT molecular complexity index is 1770. The summed E-state index contributed by atoms with van der Waals surface area (Å²) in [7, 11) is 1.57. The molecule has 6 rings (SSSR count). The number of ether oxygens (including phenoxy) is 3. The van der Waals surface area contributed by atoms with Crippen LogP contribution in [0.25, 0.3) is 10.9 Å². The van der Waals surface area contributed by atoms with E-state index in [1.165, 1.54) is 42.8 Å². The van der Waals surface area contributed by atoms with Crippen molar-refractivity contribution in [2.45, 2.75) is 52.4 Å². The number of fused-ring (bicyclic) bond motifs is 1. The maximum atomic E-state index is 15.3. The molecule has 2 N–H and O–H groups in total. The van der Waals surface area contributed by atoms with E-state index in [4.69, 9.17) is 14.2 Å². The number of rotatable bonds is 13. The van der Waals surface area contributed by atoms with E-state index in [0.29, 0.717) is 59.2 Å². The fourth-order valence-electron chi connectivity index (χ4n) is 5.89. The highest BCUT2D eigenvalue weighted by atomic mass is 19.1. The first-order valence-electron chi connectivity index (χ1n) is 15.6. The third-order valence-electron chi connectivity index (χ3n) is 9.29. The van der Waals surface area contributed by atoms with E-state index < -0.39 is 28.9 Å². The van der Waals surface area contributed by atoms with E-state index in [2.05, 4.69) is 29.5 Å². The van der Waals surface area contributed by atoms with E-state index in [1.54, 1.807) is 25.4 Å². The topological polar surface area (TPSA) is 98.8 Å². The van der Waals surface area contributed by atoms with Gasteiger partial charge in [0, 0.05) is 40.5 Å². The molecule has 2 amide bonds. The number of hydrogen-bond acceptors (Lipinski definition) is 6. The number of benzene rings is 3. The van der Waals surface area contributed by atoms with Crippen LogP contribution in [-0.2, 0) is 9.59 Å². The van der Waals surface area contributed by atoms with Crippen LogP contribution in [0.15, 0.2) is 66.9 Å². The van der Waals surface area contributed by atoms with Gasteiger partial charge in [0.15, 0.2) is 23.1 Å². The molecular formula is C36H37F2N3O5. The number of carbonyl (C=O) groups excluding carboxylic acids is 2. The molecule has 0 bridgehead atoms. The van der Waals surface area contributed by atoms with Crippen LogP contribution in [0.2, 0.25) is 0 Å². The van der Waals surface area contributed by atoms with Crippen LogP contribution in [0.1, 0.15) is 52.4 Å². The molecule has 4 aromatic rings. The Balaban J connectivity index is 1.14. The van der Waals surface area contributed by atoms with Gasteiger partial charge in [-0.15, -0.1) is 0 Å². The molecule has 2 aliphatic carbocycles. The van der Waals surface area contributed by atoms with Gasteiger partial charge in [-0.2, -0.15) is 0 Å². The molecule has 8 nitrogen and oxygen atoms in total. The standard InChI is InChI=1S/C36H37F2N3O5/c1-4-5-22(2)35(13-14-35)21-45-32-20-28-26(19-31(32)44-3)29(12-17-39-28)46-30-11-10-25(18-27(30)38)41-34(43)36(15-16-36)33(42)40-24-8-6-23(37)7-9-24/h6-12,17-20,22H,4-5,13-16,21H2,1-3H3,(H,40,42)(H,41,43). The van der Waals surface area contributed by atoms with Gasteiger partial charge in [-0.05, 0) is 80.1 Å². The molecule has 1 unspecified atom stereocenters. The third-order valence-corrected chi connectivity index (χ3v) is 9.29. The van der Waals surface area contributed by atoms with Gasteiger partial charge in [-0.3, -0.25) is 14.6 Å². The van der Waals surface area contributed by atoms with Crippen molar-refractivity contribution in [1.29, 1.82) is 0 Å². The van der Waals surface area contributed by atoms with Gasteiger partial charge in [0.25, 0.3) is 0 Å². The fraction of sp³-hybridized carbons (Fsp3) is 0.361. The summed E-state index contributed by atoms with van der Waals surface area (Å²) in [6, 6.07) is 14.6. The average Bonchev–Trinajstić information content (AvgIpc) is 3.98. The maximum absolute atomic E-state index is 15.3. The van der Waals surface area contributed by atoms with Gasteiger partial charge >= 0.3 is 0 Å². The Morgan fingerprint density at radius 3 is 2.20 bits per heavy atom. The monoisotopic (exact) mass is 629 g/mol. The van der Waals surface area contributed by atoms with Crippen LogP contribution in [0.4, 0.5) is 20.2 Å². The first-order chi connectivity index (χ1) is 22.2. The Hall–Kier alpha value is -4.73. The van der Waals surface area contributed by atoms with E-state index >= 15 is 4.39 Å². The molecule has 46 heavy (non-hydrogen) atoms. The van der Waals surface area contributed by atoms with Crippen molar-refractivity contribution in [3.8, 4) is 23.0 Å².